The molecule has 0 spiro atoms. The summed E-state index contributed by atoms with van der Waals surface area (Å²) in [5.74, 6) is -0.0778. The Hall–Kier alpha value is -0.910. The Balaban J connectivity index is 2.44. The molecule has 6 heteroatoms. The zero-order valence-electron chi connectivity index (χ0n) is 12.6. The number of rotatable bonds is 6. The lowest BCUT2D eigenvalue weighted by Gasteiger charge is -2.30. The quantitative estimate of drug-likeness (QED) is 0.789. The first-order valence-corrected chi connectivity index (χ1v) is 8.59. The van der Waals surface area contributed by atoms with Gasteiger partial charge in [0, 0.05) is 25.4 Å². The van der Waals surface area contributed by atoms with Crippen LogP contribution in [-0.4, -0.2) is 53.6 Å². The van der Waals surface area contributed by atoms with Crippen molar-refractivity contribution in [2.75, 3.05) is 25.6 Å². The number of amides is 2. The molecular weight excluding hydrogens is 276 g/mol. The Kier molecular flexibility index (Phi) is 7.19. The molecule has 0 aromatic carbocycles. The molecule has 0 aromatic rings. The fourth-order valence-corrected chi connectivity index (χ4v) is 3.38. The van der Waals surface area contributed by atoms with Gasteiger partial charge in [-0.3, -0.25) is 4.79 Å². The van der Waals surface area contributed by atoms with E-state index in [1.807, 2.05) is 13.2 Å². The molecule has 2 N–H and O–H groups in total. The van der Waals surface area contributed by atoms with Crippen molar-refractivity contribution in [2.45, 2.75) is 38.6 Å². The van der Waals surface area contributed by atoms with Gasteiger partial charge < -0.3 is 15.3 Å². The third kappa shape index (κ3) is 4.89. The molecule has 1 aliphatic carbocycles. The lowest BCUT2D eigenvalue weighted by atomic mass is 9.79. The van der Waals surface area contributed by atoms with Crippen LogP contribution in [0.1, 0.15) is 32.6 Å². The van der Waals surface area contributed by atoms with Crippen molar-refractivity contribution in [3.63, 3.8) is 0 Å². The number of hydrogen-bond donors (Lipinski definition) is 2. The summed E-state index contributed by atoms with van der Waals surface area (Å²) in [5, 5.41) is 12.1. The second-order valence-corrected chi connectivity index (χ2v) is 6.50. The number of hydrogen-bond acceptors (Lipinski definition) is 3. The predicted molar refractivity (Wildman–Crippen MR) is 82.1 cm³/mol. The van der Waals surface area contributed by atoms with Crippen LogP contribution < -0.4 is 5.32 Å². The average Bonchev–Trinajstić information content (AvgIpc) is 2.44. The maximum absolute atomic E-state index is 12.0. The van der Waals surface area contributed by atoms with E-state index in [4.69, 9.17) is 0 Å². The SMILES string of the molecule is CSCC(C)N(C)C(=O)NCC1CCCCC1C(=O)O. The number of thioether (sulfide) groups is 1. The predicted octanol–water partition coefficient (Wildman–Crippen LogP) is 2.27. The van der Waals surface area contributed by atoms with Crippen LogP contribution in [0.3, 0.4) is 0 Å². The molecule has 0 radical (unpaired) electrons. The first-order chi connectivity index (χ1) is 9.47. The maximum atomic E-state index is 12.0. The maximum Gasteiger partial charge on any atom is 0.317 e. The molecule has 0 bridgehead atoms. The third-order valence-corrected chi connectivity index (χ3v) is 4.95. The standard InChI is InChI=1S/C14H26N2O3S/c1-10(9-20-3)16(2)14(19)15-8-11-6-4-5-7-12(11)13(17)18/h10-12H,4-9H2,1-3H3,(H,15,19)(H,17,18). The first-order valence-electron chi connectivity index (χ1n) is 7.19. The lowest BCUT2D eigenvalue weighted by molar-refractivity contribution is -0.144. The minimum absolute atomic E-state index is 0.0643. The third-order valence-electron chi connectivity index (χ3n) is 4.13. The van der Waals surface area contributed by atoms with Crippen LogP contribution in [0.4, 0.5) is 4.79 Å². The summed E-state index contributed by atoms with van der Waals surface area (Å²) in [6.45, 7) is 2.48. The van der Waals surface area contributed by atoms with Gasteiger partial charge in [0.1, 0.15) is 0 Å². The molecule has 0 aromatic heterocycles. The highest BCUT2D eigenvalue weighted by Crippen LogP contribution is 2.29. The normalized spacial score (nSPS) is 23.9. The topological polar surface area (TPSA) is 69.6 Å². The van der Waals surface area contributed by atoms with Crippen LogP contribution in [0.2, 0.25) is 0 Å². The van der Waals surface area contributed by atoms with Gasteiger partial charge in [-0.2, -0.15) is 11.8 Å². The number of aliphatic carboxylic acids is 1. The van der Waals surface area contributed by atoms with Gasteiger partial charge in [-0.25, -0.2) is 4.79 Å². The highest BCUT2D eigenvalue weighted by molar-refractivity contribution is 7.98. The molecule has 0 heterocycles. The van der Waals surface area contributed by atoms with Crippen LogP contribution >= 0.6 is 11.8 Å². The average molecular weight is 302 g/mol. The molecule has 1 rings (SSSR count). The second kappa shape index (κ2) is 8.39. The summed E-state index contributed by atoms with van der Waals surface area (Å²) in [4.78, 5) is 24.9. The van der Waals surface area contributed by atoms with E-state index < -0.39 is 5.97 Å². The van der Waals surface area contributed by atoms with E-state index in [1.165, 1.54) is 0 Å². The van der Waals surface area contributed by atoms with Crippen LogP contribution in [0, 0.1) is 11.8 Å². The van der Waals surface area contributed by atoms with Gasteiger partial charge >= 0.3 is 12.0 Å². The molecule has 0 aliphatic heterocycles. The van der Waals surface area contributed by atoms with E-state index in [9.17, 15) is 14.7 Å². The summed E-state index contributed by atoms with van der Waals surface area (Å²) in [6, 6.07) is 0.0629. The molecule has 116 valence electrons. The van der Waals surface area contributed by atoms with E-state index in [2.05, 4.69) is 5.32 Å². The Morgan fingerprint density at radius 2 is 2.05 bits per heavy atom. The van der Waals surface area contributed by atoms with Crippen molar-refractivity contribution in [3.8, 4) is 0 Å². The Morgan fingerprint density at radius 3 is 2.65 bits per heavy atom. The van der Waals surface area contributed by atoms with E-state index >= 15 is 0 Å². The minimum Gasteiger partial charge on any atom is -0.481 e. The van der Waals surface area contributed by atoms with Gasteiger partial charge in [0.25, 0.3) is 0 Å². The molecule has 3 atom stereocenters. The van der Waals surface area contributed by atoms with Crippen molar-refractivity contribution in [1.29, 1.82) is 0 Å². The molecule has 0 saturated heterocycles. The summed E-state index contributed by atoms with van der Waals surface area (Å²) in [6.07, 6.45) is 5.67. The Labute approximate surface area is 125 Å². The van der Waals surface area contributed by atoms with Crippen molar-refractivity contribution < 1.29 is 14.7 Å². The van der Waals surface area contributed by atoms with Gasteiger partial charge in [0.2, 0.25) is 0 Å². The molecule has 1 fully saturated rings. The van der Waals surface area contributed by atoms with Crippen molar-refractivity contribution >= 4 is 23.8 Å². The molecule has 3 unspecified atom stereocenters. The molecule has 20 heavy (non-hydrogen) atoms. The van der Waals surface area contributed by atoms with E-state index in [1.54, 1.807) is 23.7 Å². The zero-order valence-corrected chi connectivity index (χ0v) is 13.4. The second-order valence-electron chi connectivity index (χ2n) is 5.59. The number of nitrogens with one attached hydrogen (secondary N) is 1. The van der Waals surface area contributed by atoms with Gasteiger partial charge in [-0.05, 0) is 31.9 Å². The van der Waals surface area contributed by atoms with Crippen molar-refractivity contribution in [2.24, 2.45) is 11.8 Å². The van der Waals surface area contributed by atoms with Crippen LogP contribution in [0.15, 0.2) is 0 Å². The van der Waals surface area contributed by atoms with Crippen LogP contribution in [-0.2, 0) is 4.79 Å². The van der Waals surface area contributed by atoms with E-state index in [0.717, 1.165) is 31.4 Å². The van der Waals surface area contributed by atoms with Gasteiger partial charge in [0.15, 0.2) is 0 Å². The fourth-order valence-electron chi connectivity index (χ4n) is 2.67. The number of nitrogens with zero attached hydrogens (tertiary/aromatic N) is 1. The number of carbonyl (C=O) groups excluding carboxylic acids is 1. The first kappa shape index (κ1) is 17.1. The summed E-state index contributed by atoms with van der Waals surface area (Å²) < 4.78 is 0. The van der Waals surface area contributed by atoms with Gasteiger partial charge in [-0.15, -0.1) is 0 Å². The van der Waals surface area contributed by atoms with E-state index in [-0.39, 0.29) is 23.9 Å². The Morgan fingerprint density at radius 1 is 1.40 bits per heavy atom. The molecule has 1 aliphatic rings. The monoisotopic (exact) mass is 302 g/mol. The highest BCUT2D eigenvalue weighted by Gasteiger charge is 2.31. The van der Waals surface area contributed by atoms with Crippen LogP contribution in [0.25, 0.3) is 0 Å². The van der Waals surface area contributed by atoms with Crippen molar-refractivity contribution in [3.05, 3.63) is 0 Å². The molecule has 5 nitrogen and oxygen atoms in total. The van der Waals surface area contributed by atoms with Crippen molar-refractivity contribution in [1.82, 2.24) is 10.2 Å². The summed E-state index contributed by atoms with van der Waals surface area (Å²) in [7, 11) is 1.78. The molecule has 1 saturated carbocycles. The Bertz CT molecular complexity index is 338. The number of carboxylic acid groups (broad SMARTS) is 1. The summed E-state index contributed by atoms with van der Waals surface area (Å²) in [5.41, 5.74) is 0. The van der Waals surface area contributed by atoms with Gasteiger partial charge in [0.05, 0.1) is 5.92 Å². The lowest BCUT2D eigenvalue weighted by Crippen LogP contribution is -2.46. The largest absolute Gasteiger partial charge is 0.481 e. The number of urea groups is 1. The summed E-state index contributed by atoms with van der Waals surface area (Å²) >= 11 is 1.71. The fraction of sp³-hybridized carbons (Fsp3) is 0.857. The van der Waals surface area contributed by atoms with E-state index in [0.29, 0.717) is 6.54 Å². The minimum atomic E-state index is -0.729. The zero-order chi connectivity index (χ0) is 15.1. The number of carboxylic acids is 1. The smallest absolute Gasteiger partial charge is 0.317 e. The molecular formula is C14H26N2O3S. The van der Waals surface area contributed by atoms with Gasteiger partial charge in [-0.1, -0.05) is 12.8 Å². The highest BCUT2D eigenvalue weighted by atomic mass is 32.2. The molecule has 2 amide bonds. The number of carbonyl (C=O) groups is 2. The van der Waals surface area contributed by atoms with Crippen LogP contribution in [0.5, 0.6) is 0 Å².